The van der Waals surface area contributed by atoms with Crippen molar-refractivity contribution in [3.63, 3.8) is 0 Å². The van der Waals surface area contributed by atoms with Crippen molar-refractivity contribution in [2.45, 2.75) is 64.8 Å². The molecule has 4 heteroatoms. The number of carbonyl (C=O) groups excluding carboxylic acids is 1. The lowest BCUT2D eigenvalue weighted by Gasteiger charge is -2.21. The Morgan fingerprint density at radius 2 is 1.92 bits per heavy atom. The van der Waals surface area contributed by atoms with E-state index in [9.17, 15) is 9.90 Å². The summed E-state index contributed by atoms with van der Waals surface area (Å²) in [4.78, 5) is 15.8. The third kappa shape index (κ3) is 5.82. The summed E-state index contributed by atoms with van der Waals surface area (Å²) in [5.74, 6) is 0.163. The number of aromatic nitrogens is 1. The predicted molar refractivity (Wildman–Crippen MR) is 107 cm³/mol. The molecule has 4 N–H and O–H groups in total. The lowest BCUT2D eigenvalue weighted by Crippen LogP contribution is -2.40. The maximum absolute atomic E-state index is 12.5. The van der Waals surface area contributed by atoms with Gasteiger partial charge in [0.25, 0.3) is 0 Å². The molecule has 1 aromatic heterocycles. The van der Waals surface area contributed by atoms with E-state index < -0.39 is 5.54 Å². The van der Waals surface area contributed by atoms with Crippen LogP contribution in [0.5, 0.6) is 0 Å². The molecule has 0 spiro atoms. The molecule has 1 atom stereocenters. The van der Waals surface area contributed by atoms with Crippen molar-refractivity contribution < 1.29 is 9.90 Å². The molecule has 0 unspecified atom stereocenters. The van der Waals surface area contributed by atoms with Crippen LogP contribution in [0.25, 0.3) is 0 Å². The number of rotatable bonds is 10. The SMILES string of the molecule is CCc1cc(C(=O)CCCc2ccc(C)cc2)[nH]c1CC[C@@](C)(N)CO. The summed E-state index contributed by atoms with van der Waals surface area (Å²) in [6.07, 6.45) is 4.61. The van der Waals surface area contributed by atoms with E-state index >= 15 is 0 Å². The van der Waals surface area contributed by atoms with Gasteiger partial charge in [-0.3, -0.25) is 4.79 Å². The van der Waals surface area contributed by atoms with Gasteiger partial charge in [-0.1, -0.05) is 36.8 Å². The Bertz CT molecular complexity index is 714. The zero-order valence-electron chi connectivity index (χ0n) is 16.3. The highest BCUT2D eigenvalue weighted by Crippen LogP contribution is 2.19. The van der Waals surface area contributed by atoms with Crippen LogP contribution in [-0.4, -0.2) is 28.0 Å². The van der Waals surface area contributed by atoms with Crippen LogP contribution in [0.3, 0.4) is 0 Å². The van der Waals surface area contributed by atoms with Gasteiger partial charge in [-0.05, 0) is 63.1 Å². The number of carbonyl (C=O) groups is 1. The van der Waals surface area contributed by atoms with Crippen LogP contribution in [0, 0.1) is 6.92 Å². The first-order valence-electron chi connectivity index (χ1n) is 9.54. The quantitative estimate of drug-likeness (QED) is 0.568. The summed E-state index contributed by atoms with van der Waals surface area (Å²) in [5.41, 5.74) is 10.9. The van der Waals surface area contributed by atoms with Gasteiger partial charge in [0, 0.05) is 17.7 Å². The fourth-order valence-electron chi connectivity index (χ4n) is 3.06. The van der Waals surface area contributed by atoms with Gasteiger partial charge in [-0.15, -0.1) is 0 Å². The van der Waals surface area contributed by atoms with E-state index in [1.807, 2.05) is 13.0 Å². The maximum atomic E-state index is 12.5. The van der Waals surface area contributed by atoms with Gasteiger partial charge in [0.2, 0.25) is 0 Å². The maximum Gasteiger partial charge on any atom is 0.179 e. The fourth-order valence-corrected chi connectivity index (χ4v) is 3.06. The zero-order valence-corrected chi connectivity index (χ0v) is 16.3. The fraction of sp³-hybridized carbons (Fsp3) is 0.500. The first-order valence-corrected chi connectivity index (χ1v) is 9.54. The summed E-state index contributed by atoms with van der Waals surface area (Å²) >= 11 is 0. The number of nitrogens with one attached hydrogen (secondary N) is 1. The van der Waals surface area contributed by atoms with Crippen molar-refractivity contribution in [1.29, 1.82) is 0 Å². The molecule has 0 fully saturated rings. The first kappa shape index (κ1) is 20.4. The van der Waals surface area contributed by atoms with E-state index in [0.717, 1.165) is 31.4 Å². The molecule has 4 nitrogen and oxygen atoms in total. The van der Waals surface area contributed by atoms with Crippen LogP contribution in [-0.2, 0) is 19.3 Å². The molecule has 0 aliphatic carbocycles. The van der Waals surface area contributed by atoms with Crippen LogP contribution < -0.4 is 5.73 Å². The minimum Gasteiger partial charge on any atom is -0.394 e. The Balaban J connectivity index is 1.92. The van der Waals surface area contributed by atoms with Crippen molar-refractivity contribution >= 4 is 5.78 Å². The second kappa shape index (κ2) is 9.15. The average molecular weight is 357 g/mol. The van der Waals surface area contributed by atoms with Gasteiger partial charge in [0.1, 0.15) is 0 Å². The van der Waals surface area contributed by atoms with Crippen molar-refractivity contribution in [3.05, 3.63) is 58.4 Å². The molecule has 2 rings (SSSR count). The number of H-pyrrole nitrogens is 1. The predicted octanol–water partition coefficient (Wildman–Crippen LogP) is 3.73. The molecule has 0 saturated heterocycles. The van der Waals surface area contributed by atoms with Crippen molar-refractivity contribution in [2.24, 2.45) is 5.73 Å². The first-order chi connectivity index (χ1) is 12.3. The number of aryl methyl sites for hydroxylation is 4. The third-order valence-corrected chi connectivity index (χ3v) is 4.97. The number of nitrogens with two attached hydrogens (primary N) is 1. The molecule has 0 aliphatic heterocycles. The van der Waals surface area contributed by atoms with Gasteiger partial charge < -0.3 is 15.8 Å². The minimum absolute atomic E-state index is 0.0417. The van der Waals surface area contributed by atoms with Gasteiger partial charge in [-0.2, -0.15) is 0 Å². The van der Waals surface area contributed by atoms with Gasteiger partial charge >= 0.3 is 0 Å². The Morgan fingerprint density at radius 3 is 2.54 bits per heavy atom. The Morgan fingerprint density at radius 1 is 1.23 bits per heavy atom. The standard InChI is InChI=1S/C22H32N2O2/c1-4-18-14-20(24-19(18)12-13-22(3,23)15-25)21(26)7-5-6-17-10-8-16(2)9-11-17/h8-11,14,24-25H,4-7,12-13,15,23H2,1-3H3/t22-/m1/s1. The average Bonchev–Trinajstić information content (AvgIpc) is 3.05. The van der Waals surface area contributed by atoms with Crippen LogP contribution in [0.4, 0.5) is 0 Å². The van der Waals surface area contributed by atoms with E-state index in [4.69, 9.17) is 5.73 Å². The molecule has 0 amide bonds. The number of Topliss-reactive ketones (excluding diaryl/α,β-unsaturated/α-hetero) is 1. The second-order valence-electron chi connectivity index (χ2n) is 7.61. The molecule has 1 aromatic carbocycles. The number of hydrogen-bond donors (Lipinski definition) is 3. The number of aliphatic hydroxyl groups is 1. The zero-order chi connectivity index (χ0) is 19.2. The molecular weight excluding hydrogens is 324 g/mol. The number of hydrogen-bond acceptors (Lipinski definition) is 3. The number of aromatic amines is 1. The Kier molecular flexibility index (Phi) is 7.18. The van der Waals surface area contributed by atoms with E-state index in [1.165, 1.54) is 16.7 Å². The van der Waals surface area contributed by atoms with Gasteiger partial charge in [0.05, 0.1) is 12.3 Å². The van der Waals surface area contributed by atoms with Crippen LogP contribution in [0.15, 0.2) is 30.3 Å². The van der Waals surface area contributed by atoms with E-state index in [1.54, 1.807) is 0 Å². The highest BCUT2D eigenvalue weighted by molar-refractivity contribution is 5.94. The van der Waals surface area contributed by atoms with Crippen molar-refractivity contribution in [1.82, 2.24) is 4.98 Å². The molecule has 0 bridgehead atoms. The summed E-state index contributed by atoms with van der Waals surface area (Å²) in [5, 5.41) is 9.31. The van der Waals surface area contributed by atoms with E-state index in [2.05, 4.69) is 43.1 Å². The minimum atomic E-state index is -0.589. The van der Waals surface area contributed by atoms with Crippen LogP contribution in [0.2, 0.25) is 0 Å². The highest BCUT2D eigenvalue weighted by Gasteiger charge is 2.19. The summed E-state index contributed by atoms with van der Waals surface area (Å²) in [6, 6.07) is 10.5. The molecule has 0 aliphatic rings. The molecule has 26 heavy (non-hydrogen) atoms. The summed E-state index contributed by atoms with van der Waals surface area (Å²) in [7, 11) is 0. The van der Waals surface area contributed by atoms with Crippen LogP contribution >= 0.6 is 0 Å². The van der Waals surface area contributed by atoms with Crippen molar-refractivity contribution in [2.75, 3.05) is 6.61 Å². The monoisotopic (exact) mass is 356 g/mol. The van der Waals surface area contributed by atoms with Gasteiger partial charge in [-0.25, -0.2) is 0 Å². The second-order valence-corrected chi connectivity index (χ2v) is 7.61. The number of benzene rings is 1. The van der Waals surface area contributed by atoms with Gasteiger partial charge in [0.15, 0.2) is 5.78 Å². The molecular formula is C22H32N2O2. The van der Waals surface area contributed by atoms with E-state index in [0.29, 0.717) is 18.5 Å². The molecule has 0 radical (unpaired) electrons. The Hall–Kier alpha value is -1.91. The number of ketones is 1. The topological polar surface area (TPSA) is 79.1 Å². The van der Waals surface area contributed by atoms with E-state index in [-0.39, 0.29) is 12.4 Å². The normalized spacial score (nSPS) is 13.6. The smallest absolute Gasteiger partial charge is 0.179 e. The Labute approximate surface area is 156 Å². The highest BCUT2D eigenvalue weighted by atomic mass is 16.3. The third-order valence-electron chi connectivity index (χ3n) is 4.97. The van der Waals surface area contributed by atoms with Crippen LogP contribution in [0.1, 0.15) is 66.0 Å². The summed E-state index contributed by atoms with van der Waals surface area (Å²) in [6.45, 7) is 5.97. The largest absolute Gasteiger partial charge is 0.394 e. The van der Waals surface area contributed by atoms with Crippen molar-refractivity contribution in [3.8, 4) is 0 Å². The molecule has 1 heterocycles. The lowest BCUT2D eigenvalue weighted by atomic mass is 9.96. The lowest BCUT2D eigenvalue weighted by molar-refractivity contribution is 0.0976. The summed E-state index contributed by atoms with van der Waals surface area (Å²) < 4.78 is 0. The molecule has 142 valence electrons. The molecule has 2 aromatic rings. The number of aliphatic hydroxyl groups excluding tert-OH is 1. The molecule has 0 saturated carbocycles.